The monoisotopic (exact) mass is 313 g/mol. The van der Waals surface area contributed by atoms with Gasteiger partial charge < -0.3 is 9.80 Å². The van der Waals surface area contributed by atoms with Crippen LogP contribution in [0.5, 0.6) is 0 Å². The van der Waals surface area contributed by atoms with Crippen molar-refractivity contribution in [2.24, 2.45) is 0 Å². The Morgan fingerprint density at radius 2 is 2.00 bits per heavy atom. The minimum absolute atomic E-state index is 0.133. The maximum atomic E-state index is 12.3. The Morgan fingerprint density at radius 1 is 1.17 bits per heavy atom. The first-order valence-electron chi connectivity index (χ1n) is 7.30. The summed E-state index contributed by atoms with van der Waals surface area (Å²) in [7, 11) is 0. The maximum Gasteiger partial charge on any atom is 0.291 e. The summed E-state index contributed by atoms with van der Waals surface area (Å²) in [4.78, 5) is 24.5. The first-order chi connectivity index (χ1) is 11.2. The molecule has 118 valence electrons. The van der Waals surface area contributed by atoms with Crippen LogP contribution in [-0.2, 0) is 0 Å². The fourth-order valence-electron chi connectivity index (χ4n) is 2.73. The van der Waals surface area contributed by atoms with Crippen molar-refractivity contribution in [1.29, 1.82) is 0 Å². The van der Waals surface area contributed by atoms with Gasteiger partial charge in [0, 0.05) is 38.6 Å². The fraction of sp³-hybridized carbons (Fsp3) is 0.385. The number of H-pyrrole nitrogens is 1. The third-order valence-electron chi connectivity index (χ3n) is 3.96. The molecule has 4 rings (SSSR count). The summed E-state index contributed by atoms with van der Waals surface area (Å²) in [6, 6.07) is 0. The molecule has 1 N–H and O–H groups in total. The van der Waals surface area contributed by atoms with Crippen molar-refractivity contribution in [1.82, 2.24) is 39.7 Å². The summed E-state index contributed by atoms with van der Waals surface area (Å²) in [6.45, 7) is 4.44. The number of rotatable bonds is 2. The van der Waals surface area contributed by atoms with E-state index in [1.165, 1.54) is 6.33 Å². The van der Waals surface area contributed by atoms with Crippen molar-refractivity contribution in [2.45, 2.75) is 6.92 Å². The van der Waals surface area contributed by atoms with E-state index in [1.54, 1.807) is 11.1 Å². The van der Waals surface area contributed by atoms with Gasteiger partial charge in [-0.25, -0.2) is 9.97 Å². The van der Waals surface area contributed by atoms with Gasteiger partial charge in [-0.2, -0.15) is 5.10 Å². The Kier molecular flexibility index (Phi) is 3.14. The third kappa shape index (κ3) is 2.28. The van der Waals surface area contributed by atoms with Crippen LogP contribution in [0.15, 0.2) is 18.7 Å². The van der Waals surface area contributed by atoms with Gasteiger partial charge in [0.15, 0.2) is 5.82 Å². The normalized spacial score (nSPS) is 15.3. The van der Waals surface area contributed by atoms with Gasteiger partial charge in [0.1, 0.15) is 12.2 Å². The predicted molar refractivity (Wildman–Crippen MR) is 80.0 cm³/mol. The molecule has 4 heterocycles. The Balaban J connectivity index is 1.52. The highest BCUT2D eigenvalue weighted by Crippen LogP contribution is 2.19. The predicted octanol–water partition coefficient (Wildman–Crippen LogP) is -0.487. The van der Waals surface area contributed by atoms with Gasteiger partial charge in [-0.1, -0.05) is 0 Å². The van der Waals surface area contributed by atoms with Crippen LogP contribution in [0, 0.1) is 6.92 Å². The van der Waals surface area contributed by atoms with E-state index >= 15 is 0 Å². The van der Waals surface area contributed by atoms with Crippen LogP contribution in [0.1, 0.15) is 16.4 Å². The van der Waals surface area contributed by atoms with Crippen LogP contribution in [0.4, 0.5) is 5.82 Å². The molecule has 0 atom stereocenters. The van der Waals surface area contributed by atoms with E-state index in [0.29, 0.717) is 26.2 Å². The Morgan fingerprint density at radius 3 is 2.74 bits per heavy atom. The van der Waals surface area contributed by atoms with Crippen LogP contribution in [-0.4, -0.2) is 71.7 Å². The lowest BCUT2D eigenvalue weighted by Crippen LogP contribution is -2.49. The molecule has 1 saturated heterocycles. The number of amides is 1. The molecule has 0 spiro atoms. The lowest BCUT2D eigenvalue weighted by atomic mass is 10.3. The highest BCUT2D eigenvalue weighted by Gasteiger charge is 2.25. The standard InChI is InChI=1S/C13H15N9O/c1-9-17-19-12-11(14-2-3-22(9)12)20-4-6-21(7-5-20)13(23)10-15-8-16-18-10/h2-3,8H,4-7H2,1H3,(H,15,16,18). The molecular weight excluding hydrogens is 298 g/mol. The van der Waals surface area contributed by atoms with Crippen LogP contribution in [0.3, 0.4) is 0 Å². The third-order valence-corrected chi connectivity index (χ3v) is 3.96. The second kappa shape index (κ2) is 5.30. The molecule has 0 saturated carbocycles. The van der Waals surface area contributed by atoms with E-state index < -0.39 is 0 Å². The second-order valence-corrected chi connectivity index (χ2v) is 5.30. The van der Waals surface area contributed by atoms with E-state index in [0.717, 1.165) is 17.3 Å². The largest absolute Gasteiger partial charge is 0.350 e. The quantitative estimate of drug-likeness (QED) is 0.680. The van der Waals surface area contributed by atoms with Crippen LogP contribution in [0.2, 0.25) is 0 Å². The Labute approximate surface area is 131 Å². The van der Waals surface area contributed by atoms with Crippen molar-refractivity contribution in [3.8, 4) is 0 Å². The molecule has 1 fully saturated rings. The van der Waals surface area contributed by atoms with E-state index in [1.807, 2.05) is 17.5 Å². The minimum atomic E-state index is -0.133. The lowest BCUT2D eigenvalue weighted by molar-refractivity contribution is 0.0735. The molecule has 0 unspecified atom stereocenters. The number of fused-ring (bicyclic) bond motifs is 1. The Hall–Kier alpha value is -3.04. The number of carbonyl (C=O) groups excluding carboxylic acids is 1. The van der Waals surface area contributed by atoms with Crippen molar-refractivity contribution in [2.75, 3.05) is 31.1 Å². The van der Waals surface area contributed by atoms with Crippen LogP contribution >= 0.6 is 0 Å². The number of aromatic nitrogens is 7. The topological polar surface area (TPSA) is 108 Å². The minimum Gasteiger partial charge on any atom is -0.350 e. The first kappa shape index (κ1) is 13.6. The Bertz CT molecular complexity index is 832. The average molecular weight is 313 g/mol. The number of piperazine rings is 1. The molecule has 3 aromatic rings. The summed E-state index contributed by atoms with van der Waals surface area (Å²) >= 11 is 0. The molecule has 1 aliphatic rings. The summed E-state index contributed by atoms with van der Waals surface area (Å²) in [5, 5.41) is 14.6. The molecule has 0 radical (unpaired) electrons. The molecule has 23 heavy (non-hydrogen) atoms. The van der Waals surface area contributed by atoms with Gasteiger partial charge in [-0.15, -0.1) is 10.2 Å². The smallest absolute Gasteiger partial charge is 0.291 e. The van der Waals surface area contributed by atoms with Crippen molar-refractivity contribution >= 4 is 17.4 Å². The van der Waals surface area contributed by atoms with Gasteiger partial charge in [0.25, 0.3) is 5.91 Å². The lowest BCUT2D eigenvalue weighted by Gasteiger charge is -2.34. The van der Waals surface area contributed by atoms with Gasteiger partial charge in [-0.05, 0) is 6.92 Å². The van der Waals surface area contributed by atoms with Crippen LogP contribution in [0.25, 0.3) is 5.65 Å². The van der Waals surface area contributed by atoms with Crippen molar-refractivity contribution < 1.29 is 4.79 Å². The van der Waals surface area contributed by atoms with Gasteiger partial charge >= 0.3 is 0 Å². The SMILES string of the molecule is Cc1nnc2c(N3CCN(C(=O)c4ncn[nH]4)CC3)nccn12. The zero-order valence-electron chi connectivity index (χ0n) is 12.5. The van der Waals surface area contributed by atoms with Crippen molar-refractivity contribution in [3.05, 3.63) is 30.4 Å². The molecule has 10 nitrogen and oxygen atoms in total. The molecule has 0 aliphatic carbocycles. The number of hydrogen-bond donors (Lipinski definition) is 1. The summed E-state index contributed by atoms with van der Waals surface area (Å²) in [5.74, 6) is 1.75. The average Bonchev–Trinajstić information content (AvgIpc) is 3.25. The molecule has 0 bridgehead atoms. The highest BCUT2D eigenvalue weighted by molar-refractivity contribution is 5.90. The van der Waals surface area contributed by atoms with Gasteiger partial charge in [-0.3, -0.25) is 14.3 Å². The molecule has 10 heteroatoms. The molecule has 1 aliphatic heterocycles. The van der Waals surface area contributed by atoms with Gasteiger partial charge in [0.05, 0.1) is 0 Å². The molecule has 3 aromatic heterocycles. The van der Waals surface area contributed by atoms with E-state index in [-0.39, 0.29) is 11.7 Å². The van der Waals surface area contributed by atoms with Crippen molar-refractivity contribution in [3.63, 3.8) is 0 Å². The summed E-state index contributed by atoms with van der Waals surface area (Å²) in [5.41, 5.74) is 0.736. The van der Waals surface area contributed by atoms with Gasteiger partial charge in [0.2, 0.25) is 11.5 Å². The first-order valence-corrected chi connectivity index (χ1v) is 7.30. The second-order valence-electron chi connectivity index (χ2n) is 5.30. The zero-order chi connectivity index (χ0) is 15.8. The molecular formula is C13H15N9O. The number of nitrogens with zero attached hydrogens (tertiary/aromatic N) is 8. The number of hydrogen-bond acceptors (Lipinski definition) is 7. The number of carbonyl (C=O) groups is 1. The highest BCUT2D eigenvalue weighted by atomic mass is 16.2. The number of aryl methyl sites for hydroxylation is 1. The van der Waals surface area contributed by atoms with E-state index in [9.17, 15) is 4.79 Å². The number of nitrogens with one attached hydrogen (secondary N) is 1. The fourth-order valence-corrected chi connectivity index (χ4v) is 2.73. The number of anilines is 1. The molecule has 0 aromatic carbocycles. The summed E-state index contributed by atoms with van der Waals surface area (Å²) < 4.78 is 1.91. The number of aromatic amines is 1. The molecule has 1 amide bonds. The van der Waals surface area contributed by atoms with E-state index in [4.69, 9.17) is 0 Å². The zero-order valence-corrected chi connectivity index (χ0v) is 12.5. The van der Waals surface area contributed by atoms with Crippen LogP contribution < -0.4 is 4.90 Å². The summed E-state index contributed by atoms with van der Waals surface area (Å²) in [6.07, 6.45) is 4.92. The maximum absolute atomic E-state index is 12.3. The van der Waals surface area contributed by atoms with E-state index in [2.05, 4.69) is 35.3 Å².